The lowest BCUT2D eigenvalue weighted by Crippen LogP contribution is -1.75. The highest BCUT2D eigenvalue weighted by Crippen LogP contribution is 2.10. The van der Waals surface area contributed by atoms with Crippen LogP contribution in [0.1, 0.15) is 5.69 Å². The second-order valence-corrected chi connectivity index (χ2v) is 1.49. The number of hydrogen-bond donors (Lipinski definition) is 1. The molecule has 2 rings (SSSR count). The third-order valence-corrected chi connectivity index (χ3v) is 0.906. The van der Waals surface area contributed by atoms with Crippen LogP contribution < -0.4 is 0 Å². The molecule has 0 aromatic carbocycles. The van der Waals surface area contributed by atoms with Crippen LogP contribution in [0.3, 0.4) is 0 Å². The molecule has 1 aromatic heterocycles. The molecule has 5 heteroatoms. The van der Waals surface area contributed by atoms with Crippen molar-refractivity contribution in [1.29, 1.82) is 0 Å². The molecule has 2 heterocycles. The maximum atomic E-state index is 8.36. The fourth-order valence-electron chi connectivity index (χ4n) is 0.469. The molecule has 1 aromatic rings. The number of hydrogen-bond acceptors (Lipinski definition) is 3. The fraction of sp³-hybridized carbons (Fsp3) is 0.250. The Bertz CT molecular complexity index is 191. The van der Waals surface area contributed by atoms with Gasteiger partial charge in [0.25, 0.3) is 6.47 Å². The summed E-state index contributed by atoms with van der Waals surface area (Å²) in [6, 6.07) is 0. The molecule has 0 unspecified atom stereocenters. The third-order valence-electron chi connectivity index (χ3n) is 0.906. The van der Waals surface area contributed by atoms with Crippen molar-refractivity contribution < 1.29 is 9.90 Å². The summed E-state index contributed by atoms with van der Waals surface area (Å²) in [5, 5.41) is 14.2. The normalized spacial score (nSPS) is 10.7. The van der Waals surface area contributed by atoms with E-state index in [0.29, 0.717) is 0 Å². The van der Waals surface area contributed by atoms with Crippen LogP contribution in [0.5, 0.6) is 0 Å². The Labute approximate surface area is 50.9 Å². The van der Waals surface area contributed by atoms with E-state index < -0.39 is 0 Å². The standard InChI is InChI=1S/C3H3N3.CH2O2/c1-3-2-6(3)5-4-1;2-1-3/h1H,2H2;1H,(H,2,3). The van der Waals surface area contributed by atoms with Gasteiger partial charge in [-0.3, -0.25) is 4.79 Å². The van der Waals surface area contributed by atoms with Gasteiger partial charge in [0.15, 0.2) is 0 Å². The summed E-state index contributed by atoms with van der Waals surface area (Å²) in [5.41, 5.74) is 1.25. The summed E-state index contributed by atoms with van der Waals surface area (Å²) >= 11 is 0. The first-order valence-corrected chi connectivity index (χ1v) is 2.33. The highest BCUT2D eigenvalue weighted by Gasteiger charge is 2.15. The monoisotopic (exact) mass is 127 g/mol. The van der Waals surface area contributed by atoms with Crippen molar-refractivity contribution in [3.8, 4) is 0 Å². The lowest BCUT2D eigenvalue weighted by Gasteiger charge is -1.59. The smallest absolute Gasteiger partial charge is 0.290 e. The van der Waals surface area contributed by atoms with Gasteiger partial charge in [-0.1, -0.05) is 5.21 Å². The number of fused-ring (bicyclic) bond motifs is 1. The average Bonchev–Trinajstić information content (AvgIpc) is 2.43. The van der Waals surface area contributed by atoms with Gasteiger partial charge in [-0.25, -0.2) is 4.68 Å². The highest BCUT2D eigenvalue weighted by molar-refractivity contribution is 5.32. The van der Waals surface area contributed by atoms with Crippen LogP contribution in [0.2, 0.25) is 0 Å². The molecule has 5 nitrogen and oxygen atoms in total. The van der Waals surface area contributed by atoms with Gasteiger partial charge >= 0.3 is 0 Å². The van der Waals surface area contributed by atoms with Crippen LogP contribution in [0.15, 0.2) is 6.20 Å². The van der Waals surface area contributed by atoms with Gasteiger partial charge in [-0.15, -0.1) is 5.10 Å². The van der Waals surface area contributed by atoms with E-state index in [-0.39, 0.29) is 6.47 Å². The molecule has 1 aliphatic heterocycles. The molecule has 9 heavy (non-hydrogen) atoms. The van der Waals surface area contributed by atoms with E-state index in [9.17, 15) is 0 Å². The second-order valence-electron chi connectivity index (χ2n) is 1.49. The van der Waals surface area contributed by atoms with E-state index in [1.165, 1.54) is 5.69 Å². The summed E-state index contributed by atoms with van der Waals surface area (Å²) in [4.78, 5) is 8.36. The van der Waals surface area contributed by atoms with Crippen molar-refractivity contribution in [2.24, 2.45) is 0 Å². The highest BCUT2D eigenvalue weighted by atomic mass is 16.3. The number of nitrogens with zero attached hydrogens (tertiary/aromatic N) is 3. The molecular formula is C4H5N3O2. The van der Waals surface area contributed by atoms with E-state index in [1.54, 1.807) is 6.20 Å². The average molecular weight is 127 g/mol. The zero-order chi connectivity index (χ0) is 6.69. The lowest BCUT2D eigenvalue weighted by molar-refractivity contribution is -0.122. The van der Waals surface area contributed by atoms with Gasteiger partial charge in [-0.2, -0.15) is 0 Å². The molecule has 0 amide bonds. The van der Waals surface area contributed by atoms with Crippen LogP contribution >= 0.6 is 0 Å². The molecule has 0 spiro atoms. The first-order chi connectivity index (χ1) is 4.38. The molecule has 0 atom stereocenters. The van der Waals surface area contributed by atoms with Gasteiger partial charge in [0.2, 0.25) is 0 Å². The molecule has 0 aliphatic carbocycles. The molecule has 0 bridgehead atoms. The molecular weight excluding hydrogens is 122 g/mol. The minimum absolute atomic E-state index is 0.250. The van der Waals surface area contributed by atoms with Gasteiger partial charge in [0.05, 0.1) is 18.4 Å². The quantitative estimate of drug-likeness (QED) is 0.477. The molecule has 0 fully saturated rings. The Kier molecular flexibility index (Phi) is 1.44. The maximum Gasteiger partial charge on any atom is 0.290 e. The topological polar surface area (TPSA) is 68.0 Å². The van der Waals surface area contributed by atoms with Crippen molar-refractivity contribution in [3.05, 3.63) is 11.9 Å². The van der Waals surface area contributed by atoms with Crippen LogP contribution in [0.4, 0.5) is 0 Å². The summed E-state index contributed by atoms with van der Waals surface area (Å²) in [6.45, 7) is 0.767. The Morgan fingerprint density at radius 3 is 2.67 bits per heavy atom. The first kappa shape index (κ1) is 5.74. The Morgan fingerprint density at radius 2 is 2.56 bits per heavy atom. The molecule has 1 aliphatic rings. The number of carbonyl (C=O) groups is 1. The molecule has 0 saturated heterocycles. The van der Waals surface area contributed by atoms with E-state index in [1.807, 2.05) is 4.68 Å². The summed E-state index contributed by atoms with van der Waals surface area (Å²) in [6.07, 6.45) is 1.78. The van der Waals surface area contributed by atoms with Crippen molar-refractivity contribution in [3.63, 3.8) is 0 Å². The minimum atomic E-state index is -0.250. The van der Waals surface area contributed by atoms with Gasteiger partial charge < -0.3 is 5.11 Å². The van der Waals surface area contributed by atoms with Crippen LogP contribution in [-0.2, 0) is 11.3 Å². The predicted octanol–water partition coefficient (Wildman–Crippen LogP) is -0.659. The van der Waals surface area contributed by atoms with E-state index >= 15 is 0 Å². The first-order valence-electron chi connectivity index (χ1n) is 2.33. The zero-order valence-corrected chi connectivity index (χ0v) is 4.56. The van der Waals surface area contributed by atoms with E-state index in [4.69, 9.17) is 9.90 Å². The number of aromatic nitrogens is 3. The van der Waals surface area contributed by atoms with Crippen molar-refractivity contribution >= 4 is 6.47 Å². The van der Waals surface area contributed by atoms with Crippen molar-refractivity contribution in [2.45, 2.75) is 6.54 Å². The Hall–Kier alpha value is -1.39. The van der Waals surface area contributed by atoms with Crippen LogP contribution in [-0.4, -0.2) is 26.6 Å². The molecule has 48 valence electrons. The largest absolute Gasteiger partial charge is 0.483 e. The third kappa shape index (κ3) is 1.25. The number of rotatable bonds is 0. The molecule has 0 radical (unpaired) electrons. The van der Waals surface area contributed by atoms with Crippen LogP contribution in [0.25, 0.3) is 0 Å². The molecule has 1 N–H and O–H groups in total. The van der Waals surface area contributed by atoms with Gasteiger partial charge in [0, 0.05) is 0 Å². The Morgan fingerprint density at radius 1 is 1.89 bits per heavy atom. The van der Waals surface area contributed by atoms with E-state index in [2.05, 4.69) is 10.3 Å². The summed E-state index contributed by atoms with van der Waals surface area (Å²) in [5.74, 6) is 0. The van der Waals surface area contributed by atoms with Crippen molar-refractivity contribution in [1.82, 2.24) is 15.0 Å². The Balaban J connectivity index is 0.000000120. The summed E-state index contributed by atoms with van der Waals surface area (Å²) in [7, 11) is 0. The second kappa shape index (κ2) is 2.25. The van der Waals surface area contributed by atoms with Gasteiger partial charge in [0.1, 0.15) is 0 Å². The maximum absolute atomic E-state index is 8.36. The lowest BCUT2D eigenvalue weighted by atomic mass is 10.7. The summed E-state index contributed by atoms with van der Waals surface area (Å²) < 4.78 is 1.85. The zero-order valence-electron chi connectivity index (χ0n) is 4.56. The van der Waals surface area contributed by atoms with Crippen molar-refractivity contribution in [2.75, 3.05) is 0 Å². The van der Waals surface area contributed by atoms with E-state index in [0.717, 1.165) is 6.54 Å². The van der Waals surface area contributed by atoms with Crippen LogP contribution in [0, 0.1) is 0 Å². The fourth-order valence-corrected chi connectivity index (χ4v) is 0.469. The predicted molar refractivity (Wildman–Crippen MR) is 27.8 cm³/mol. The van der Waals surface area contributed by atoms with Gasteiger partial charge in [-0.05, 0) is 0 Å². The minimum Gasteiger partial charge on any atom is -0.483 e. The molecule has 0 saturated carbocycles. The number of carboxylic acid groups (broad SMARTS) is 1. The SMILES string of the molecule is O=CO.c1nnn2c1C2.